The van der Waals surface area contributed by atoms with Gasteiger partial charge in [-0.25, -0.2) is 0 Å². The summed E-state index contributed by atoms with van der Waals surface area (Å²) in [5.41, 5.74) is 5.73. The highest BCUT2D eigenvalue weighted by molar-refractivity contribution is 5.85. The summed E-state index contributed by atoms with van der Waals surface area (Å²) in [6.45, 7) is 3.41. The lowest BCUT2D eigenvalue weighted by atomic mass is 9.94. The highest BCUT2D eigenvalue weighted by atomic mass is 35.5. The zero-order valence-corrected chi connectivity index (χ0v) is 11.7. The average Bonchev–Trinajstić information content (AvgIpc) is 2.27. The second kappa shape index (κ2) is 7.01. The second-order valence-electron chi connectivity index (χ2n) is 4.53. The highest BCUT2D eigenvalue weighted by Crippen LogP contribution is 2.32. The minimum absolute atomic E-state index is 0. The summed E-state index contributed by atoms with van der Waals surface area (Å²) in [6.07, 6.45) is -5.82. The van der Waals surface area contributed by atoms with Crippen LogP contribution in [0.1, 0.15) is 25.5 Å². The van der Waals surface area contributed by atoms with Gasteiger partial charge in [-0.05, 0) is 24.1 Å². The SMILES string of the molecule is CC(C)[C@H](O)[C@H](N)c1cc(OC(F)(F)F)ccc1O.Cl. The van der Waals surface area contributed by atoms with Crippen molar-refractivity contribution >= 4 is 12.4 Å². The van der Waals surface area contributed by atoms with Crippen LogP contribution in [0.4, 0.5) is 13.2 Å². The quantitative estimate of drug-likeness (QED) is 0.798. The van der Waals surface area contributed by atoms with E-state index in [1.54, 1.807) is 13.8 Å². The van der Waals surface area contributed by atoms with E-state index in [1.807, 2.05) is 0 Å². The van der Waals surface area contributed by atoms with Crippen LogP contribution >= 0.6 is 12.4 Å². The Labute approximate surface area is 120 Å². The molecule has 1 aromatic carbocycles. The van der Waals surface area contributed by atoms with Gasteiger partial charge in [0.1, 0.15) is 11.5 Å². The molecular formula is C12H17ClF3NO3. The zero-order chi connectivity index (χ0) is 14.8. The van der Waals surface area contributed by atoms with Gasteiger partial charge in [-0.1, -0.05) is 13.8 Å². The average molecular weight is 316 g/mol. The predicted octanol–water partition coefficient (Wildman–Crippen LogP) is 2.73. The molecule has 0 aromatic heterocycles. The molecule has 116 valence electrons. The summed E-state index contributed by atoms with van der Waals surface area (Å²) in [7, 11) is 0. The van der Waals surface area contributed by atoms with Crippen molar-refractivity contribution in [2.75, 3.05) is 0 Å². The molecule has 0 amide bonds. The number of rotatable bonds is 4. The lowest BCUT2D eigenvalue weighted by Gasteiger charge is -2.23. The van der Waals surface area contributed by atoms with Crippen LogP contribution in [0.2, 0.25) is 0 Å². The maximum Gasteiger partial charge on any atom is 0.573 e. The van der Waals surface area contributed by atoms with Gasteiger partial charge in [0.2, 0.25) is 0 Å². The van der Waals surface area contributed by atoms with Crippen molar-refractivity contribution < 1.29 is 28.1 Å². The first kappa shape index (κ1) is 18.8. The number of halogens is 4. The molecule has 1 rings (SSSR count). The summed E-state index contributed by atoms with van der Waals surface area (Å²) < 4.78 is 40.0. The molecule has 0 aliphatic heterocycles. The third-order valence-corrected chi connectivity index (χ3v) is 2.64. The van der Waals surface area contributed by atoms with Crippen molar-refractivity contribution in [2.24, 2.45) is 11.7 Å². The number of aromatic hydroxyl groups is 1. The molecule has 20 heavy (non-hydrogen) atoms. The van der Waals surface area contributed by atoms with Crippen LogP contribution in [0.5, 0.6) is 11.5 Å². The number of hydrogen-bond donors (Lipinski definition) is 3. The summed E-state index contributed by atoms with van der Waals surface area (Å²) in [5, 5.41) is 19.4. The highest BCUT2D eigenvalue weighted by Gasteiger charge is 2.32. The van der Waals surface area contributed by atoms with Gasteiger partial charge < -0.3 is 20.7 Å². The van der Waals surface area contributed by atoms with Crippen LogP contribution in [0, 0.1) is 5.92 Å². The van der Waals surface area contributed by atoms with Crippen molar-refractivity contribution in [2.45, 2.75) is 32.4 Å². The van der Waals surface area contributed by atoms with Gasteiger partial charge in [0.25, 0.3) is 0 Å². The normalized spacial score (nSPS) is 14.6. The van der Waals surface area contributed by atoms with Gasteiger partial charge in [-0.3, -0.25) is 0 Å². The molecule has 0 aliphatic rings. The van der Waals surface area contributed by atoms with Crippen LogP contribution in [-0.4, -0.2) is 22.7 Å². The summed E-state index contributed by atoms with van der Waals surface area (Å²) in [6, 6.07) is 1.99. The second-order valence-corrected chi connectivity index (χ2v) is 4.53. The minimum Gasteiger partial charge on any atom is -0.508 e. The molecule has 0 saturated heterocycles. The lowest BCUT2D eigenvalue weighted by Crippen LogP contribution is -2.30. The third kappa shape index (κ3) is 5.07. The number of phenols is 1. The van der Waals surface area contributed by atoms with E-state index in [2.05, 4.69) is 4.74 Å². The smallest absolute Gasteiger partial charge is 0.508 e. The number of phenolic OH excluding ortho intramolecular Hbond substituents is 1. The van der Waals surface area contributed by atoms with Gasteiger partial charge in [0.15, 0.2) is 0 Å². The van der Waals surface area contributed by atoms with Gasteiger partial charge in [-0.2, -0.15) is 0 Å². The van der Waals surface area contributed by atoms with E-state index in [9.17, 15) is 23.4 Å². The molecule has 0 saturated carbocycles. The maximum atomic E-state index is 12.1. The number of benzene rings is 1. The van der Waals surface area contributed by atoms with Crippen LogP contribution in [-0.2, 0) is 0 Å². The van der Waals surface area contributed by atoms with Crippen molar-refractivity contribution in [1.82, 2.24) is 0 Å². The minimum atomic E-state index is -4.82. The third-order valence-electron chi connectivity index (χ3n) is 2.64. The van der Waals surface area contributed by atoms with Crippen molar-refractivity contribution in [3.63, 3.8) is 0 Å². The Morgan fingerprint density at radius 3 is 2.25 bits per heavy atom. The first-order chi connectivity index (χ1) is 8.61. The molecule has 4 nitrogen and oxygen atoms in total. The van der Waals surface area contributed by atoms with E-state index < -0.39 is 24.3 Å². The number of nitrogens with two attached hydrogens (primary N) is 1. The number of aliphatic hydroxyl groups excluding tert-OH is 1. The fourth-order valence-electron chi connectivity index (χ4n) is 1.60. The van der Waals surface area contributed by atoms with E-state index in [4.69, 9.17) is 5.73 Å². The Bertz CT molecular complexity index is 440. The zero-order valence-electron chi connectivity index (χ0n) is 10.9. The Morgan fingerprint density at radius 2 is 1.80 bits per heavy atom. The van der Waals surface area contributed by atoms with E-state index >= 15 is 0 Å². The van der Waals surface area contributed by atoms with Crippen molar-refractivity contribution in [1.29, 1.82) is 0 Å². The first-order valence-corrected chi connectivity index (χ1v) is 5.64. The fraction of sp³-hybridized carbons (Fsp3) is 0.500. The number of ether oxygens (including phenoxy) is 1. The molecular weight excluding hydrogens is 299 g/mol. The van der Waals surface area contributed by atoms with Gasteiger partial charge in [-0.15, -0.1) is 25.6 Å². The van der Waals surface area contributed by atoms with Gasteiger partial charge in [0, 0.05) is 5.56 Å². The molecule has 0 radical (unpaired) electrons. The Hall–Kier alpha value is -1.18. The van der Waals surface area contributed by atoms with Crippen LogP contribution in [0.15, 0.2) is 18.2 Å². The Morgan fingerprint density at radius 1 is 1.25 bits per heavy atom. The molecule has 8 heteroatoms. The van der Waals surface area contributed by atoms with E-state index in [1.165, 1.54) is 0 Å². The number of alkyl halides is 3. The number of aliphatic hydroxyl groups is 1. The van der Waals surface area contributed by atoms with Crippen molar-refractivity contribution in [3.05, 3.63) is 23.8 Å². The fourth-order valence-corrected chi connectivity index (χ4v) is 1.60. The maximum absolute atomic E-state index is 12.1. The molecule has 0 aliphatic carbocycles. The van der Waals surface area contributed by atoms with Crippen LogP contribution < -0.4 is 10.5 Å². The largest absolute Gasteiger partial charge is 0.573 e. The van der Waals surface area contributed by atoms with Crippen LogP contribution in [0.3, 0.4) is 0 Å². The van der Waals surface area contributed by atoms with E-state index in [-0.39, 0.29) is 29.6 Å². The Balaban J connectivity index is 0.00000361. The molecule has 0 fully saturated rings. The summed E-state index contributed by atoms with van der Waals surface area (Å²) in [4.78, 5) is 0. The Kier molecular flexibility index (Phi) is 6.60. The molecule has 0 spiro atoms. The molecule has 0 bridgehead atoms. The van der Waals surface area contributed by atoms with Gasteiger partial charge in [0.05, 0.1) is 12.1 Å². The van der Waals surface area contributed by atoms with E-state index in [0.29, 0.717) is 0 Å². The first-order valence-electron chi connectivity index (χ1n) is 5.64. The lowest BCUT2D eigenvalue weighted by molar-refractivity contribution is -0.274. The van der Waals surface area contributed by atoms with Crippen molar-refractivity contribution in [3.8, 4) is 11.5 Å². The molecule has 0 unspecified atom stereocenters. The number of hydrogen-bond acceptors (Lipinski definition) is 4. The summed E-state index contributed by atoms with van der Waals surface area (Å²) in [5.74, 6) is -0.991. The monoisotopic (exact) mass is 315 g/mol. The van der Waals surface area contributed by atoms with Crippen LogP contribution in [0.25, 0.3) is 0 Å². The molecule has 1 aromatic rings. The molecule has 4 N–H and O–H groups in total. The topological polar surface area (TPSA) is 75.7 Å². The molecule has 2 atom stereocenters. The standard InChI is InChI=1S/C12H16F3NO3.ClH/c1-6(2)11(18)10(16)8-5-7(3-4-9(8)17)19-12(13,14)15;/h3-6,10-11,17-18H,16H2,1-2H3;1H/t10-,11+;/m1./s1. The summed E-state index contributed by atoms with van der Waals surface area (Å²) >= 11 is 0. The van der Waals surface area contributed by atoms with Gasteiger partial charge >= 0.3 is 6.36 Å². The predicted molar refractivity (Wildman–Crippen MR) is 69.8 cm³/mol. The van der Waals surface area contributed by atoms with E-state index in [0.717, 1.165) is 18.2 Å². The molecule has 0 heterocycles.